The highest BCUT2D eigenvalue weighted by Crippen LogP contribution is 2.23. The summed E-state index contributed by atoms with van der Waals surface area (Å²) < 4.78 is 44.7. The van der Waals surface area contributed by atoms with E-state index in [0.29, 0.717) is 0 Å². The first-order valence-electron chi connectivity index (χ1n) is 7.78. The molecule has 3 rings (SSSR count). The fraction of sp³-hybridized carbons (Fsp3) is 0.312. The lowest BCUT2D eigenvalue weighted by Gasteiger charge is -2.12. The lowest BCUT2D eigenvalue weighted by molar-refractivity contribution is -0.141. The molecular weight excluding hydrogens is 367 g/mol. The molecule has 0 amide bonds. The Kier molecular flexibility index (Phi) is 4.68. The molecule has 27 heavy (non-hydrogen) atoms. The molecule has 142 valence electrons. The summed E-state index contributed by atoms with van der Waals surface area (Å²) in [6, 6.07) is 2.92. The van der Waals surface area contributed by atoms with E-state index in [1.54, 1.807) is 6.07 Å². The fourth-order valence-electron chi connectivity index (χ4n) is 2.72. The standard InChI is InChI=1S/C16H14F3N5O3/c1-9-6-11(10(2)24(9)8-16(17,18)19)12(25)7-23-14(22-27-15(23)26)13-20-4-3-5-21-13/h3-6H,7-8H2,1-2H3. The Labute approximate surface area is 150 Å². The maximum Gasteiger partial charge on any atom is 0.442 e. The first-order valence-corrected chi connectivity index (χ1v) is 7.78. The minimum atomic E-state index is -4.42. The number of hydrogen-bond acceptors (Lipinski definition) is 6. The quantitative estimate of drug-likeness (QED) is 0.629. The van der Waals surface area contributed by atoms with Crippen LogP contribution in [-0.2, 0) is 13.1 Å². The molecule has 3 heterocycles. The number of carbonyl (C=O) groups is 1. The second-order valence-corrected chi connectivity index (χ2v) is 5.84. The highest BCUT2D eigenvalue weighted by Gasteiger charge is 2.30. The zero-order valence-electron chi connectivity index (χ0n) is 14.3. The third-order valence-electron chi connectivity index (χ3n) is 3.97. The van der Waals surface area contributed by atoms with Crippen molar-refractivity contribution >= 4 is 5.78 Å². The van der Waals surface area contributed by atoms with Gasteiger partial charge in [-0.05, 0) is 26.0 Å². The first kappa shape index (κ1) is 18.5. The minimum absolute atomic E-state index is 0.0435. The van der Waals surface area contributed by atoms with Gasteiger partial charge in [0.1, 0.15) is 6.54 Å². The molecule has 0 aliphatic heterocycles. The van der Waals surface area contributed by atoms with Gasteiger partial charge in [-0.25, -0.2) is 19.3 Å². The van der Waals surface area contributed by atoms with Gasteiger partial charge in [-0.15, -0.1) is 0 Å². The molecule has 0 aliphatic carbocycles. The van der Waals surface area contributed by atoms with E-state index in [4.69, 9.17) is 0 Å². The molecule has 0 aromatic carbocycles. The largest absolute Gasteiger partial charge is 0.442 e. The van der Waals surface area contributed by atoms with Gasteiger partial charge in [-0.3, -0.25) is 9.32 Å². The number of halogens is 3. The number of rotatable bonds is 5. The van der Waals surface area contributed by atoms with E-state index in [-0.39, 0.29) is 28.6 Å². The molecule has 0 N–H and O–H groups in total. The van der Waals surface area contributed by atoms with Crippen LogP contribution in [0.25, 0.3) is 11.6 Å². The van der Waals surface area contributed by atoms with Gasteiger partial charge in [0.25, 0.3) is 0 Å². The van der Waals surface area contributed by atoms with Gasteiger partial charge in [0.15, 0.2) is 11.6 Å². The SMILES string of the molecule is Cc1cc(C(=O)Cn2c(-c3ncccn3)noc2=O)c(C)n1CC(F)(F)F. The summed E-state index contributed by atoms with van der Waals surface area (Å²) >= 11 is 0. The van der Waals surface area contributed by atoms with Crippen molar-refractivity contribution in [2.75, 3.05) is 0 Å². The number of hydrogen-bond donors (Lipinski definition) is 0. The van der Waals surface area contributed by atoms with E-state index in [1.807, 2.05) is 0 Å². The first-order chi connectivity index (χ1) is 12.7. The van der Waals surface area contributed by atoms with E-state index < -0.39 is 30.8 Å². The van der Waals surface area contributed by atoms with Crippen molar-refractivity contribution < 1.29 is 22.5 Å². The van der Waals surface area contributed by atoms with E-state index >= 15 is 0 Å². The topological polar surface area (TPSA) is 95.8 Å². The predicted octanol–water partition coefficient (Wildman–Crippen LogP) is 2.16. The lowest BCUT2D eigenvalue weighted by Crippen LogP contribution is -2.23. The second-order valence-electron chi connectivity index (χ2n) is 5.84. The van der Waals surface area contributed by atoms with Crippen molar-refractivity contribution in [1.82, 2.24) is 24.3 Å². The van der Waals surface area contributed by atoms with Gasteiger partial charge in [-0.2, -0.15) is 13.2 Å². The number of nitrogens with zero attached hydrogens (tertiary/aromatic N) is 5. The Morgan fingerprint density at radius 3 is 2.48 bits per heavy atom. The van der Waals surface area contributed by atoms with Crippen LogP contribution in [0.1, 0.15) is 21.7 Å². The number of aromatic nitrogens is 5. The van der Waals surface area contributed by atoms with Crippen LogP contribution in [0.2, 0.25) is 0 Å². The number of ketones is 1. The van der Waals surface area contributed by atoms with Gasteiger partial charge < -0.3 is 4.57 Å². The molecule has 0 aliphatic rings. The zero-order valence-corrected chi connectivity index (χ0v) is 14.3. The Morgan fingerprint density at radius 2 is 1.85 bits per heavy atom. The average Bonchev–Trinajstić information content (AvgIpc) is 3.09. The van der Waals surface area contributed by atoms with Crippen molar-refractivity contribution in [1.29, 1.82) is 0 Å². The molecule has 3 aromatic rings. The van der Waals surface area contributed by atoms with Crippen LogP contribution in [0.5, 0.6) is 0 Å². The summed E-state index contributed by atoms with van der Waals surface area (Å²) in [7, 11) is 0. The molecule has 0 fully saturated rings. The van der Waals surface area contributed by atoms with E-state index in [1.165, 1.54) is 32.3 Å². The van der Waals surface area contributed by atoms with Crippen molar-refractivity contribution in [3.8, 4) is 11.6 Å². The molecule has 8 nitrogen and oxygen atoms in total. The molecule has 3 aromatic heterocycles. The van der Waals surface area contributed by atoms with Gasteiger partial charge in [-0.1, -0.05) is 5.16 Å². The minimum Gasteiger partial charge on any atom is -0.339 e. The third kappa shape index (κ3) is 3.81. The summed E-state index contributed by atoms with van der Waals surface area (Å²) in [5.41, 5.74) is 0.541. The van der Waals surface area contributed by atoms with Crippen LogP contribution in [0.15, 0.2) is 33.8 Å². The summed E-state index contributed by atoms with van der Waals surface area (Å²) in [6.07, 6.45) is -1.56. The third-order valence-corrected chi connectivity index (χ3v) is 3.97. The highest BCUT2D eigenvalue weighted by atomic mass is 19.4. The molecule has 0 bridgehead atoms. The van der Waals surface area contributed by atoms with Crippen LogP contribution in [0, 0.1) is 13.8 Å². The molecule has 0 atom stereocenters. The summed E-state index contributed by atoms with van der Waals surface area (Å²) in [5, 5.41) is 3.57. The molecule has 0 saturated heterocycles. The van der Waals surface area contributed by atoms with Gasteiger partial charge in [0, 0.05) is 29.3 Å². The second kappa shape index (κ2) is 6.82. The fourth-order valence-corrected chi connectivity index (χ4v) is 2.72. The van der Waals surface area contributed by atoms with Crippen LogP contribution in [-0.4, -0.2) is 36.2 Å². The number of aryl methyl sites for hydroxylation is 1. The van der Waals surface area contributed by atoms with Crippen LogP contribution in [0.3, 0.4) is 0 Å². The number of carbonyl (C=O) groups excluding carboxylic acids is 1. The Bertz CT molecular complexity index is 1030. The van der Waals surface area contributed by atoms with Crippen molar-refractivity contribution in [2.45, 2.75) is 33.1 Å². The van der Waals surface area contributed by atoms with Crippen LogP contribution >= 0.6 is 0 Å². The van der Waals surface area contributed by atoms with E-state index in [9.17, 15) is 22.8 Å². The molecule has 0 saturated carbocycles. The Morgan fingerprint density at radius 1 is 1.19 bits per heavy atom. The van der Waals surface area contributed by atoms with E-state index in [0.717, 1.165) is 9.13 Å². The monoisotopic (exact) mass is 381 g/mol. The predicted molar refractivity (Wildman–Crippen MR) is 86.1 cm³/mol. The Hall–Kier alpha value is -3.24. The summed E-state index contributed by atoms with van der Waals surface area (Å²) in [5.74, 6) is -1.41. The van der Waals surface area contributed by atoms with E-state index in [2.05, 4.69) is 19.6 Å². The number of Topliss-reactive ketones (excluding diaryl/α,β-unsaturated/α-hetero) is 1. The average molecular weight is 381 g/mol. The van der Waals surface area contributed by atoms with Gasteiger partial charge >= 0.3 is 11.9 Å². The van der Waals surface area contributed by atoms with Crippen LogP contribution < -0.4 is 5.76 Å². The maximum atomic E-state index is 12.7. The maximum absolute atomic E-state index is 12.7. The molecule has 0 spiro atoms. The van der Waals surface area contributed by atoms with Gasteiger partial charge in [0.2, 0.25) is 5.82 Å². The highest BCUT2D eigenvalue weighted by molar-refractivity contribution is 5.97. The summed E-state index contributed by atoms with van der Waals surface area (Å²) in [4.78, 5) is 32.4. The van der Waals surface area contributed by atoms with Crippen molar-refractivity contribution in [3.63, 3.8) is 0 Å². The smallest absolute Gasteiger partial charge is 0.339 e. The molecular formula is C16H14F3N5O3. The molecule has 0 unspecified atom stereocenters. The van der Waals surface area contributed by atoms with Crippen LogP contribution in [0.4, 0.5) is 13.2 Å². The zero-order chi connectivity index (χ0) is 19.8. The summed E-state index contributed by atoms with van der Waals surface area (Å²) in [6.45, 7) is 1.23. The van der Waals surface area contributed by atoms with Crippen molar-refractivity contribution in [3.05, 3.63) is 52.0 Å². The lowest BCUT2D eigenvalue weighted by atomic mass is 10.1. The Balaban J connectivity index is 1.93. The molecule has 11 heteroatoms. The van der Waals surface area contributed by atoms with Crippen molar-refractivity contribution in [2.24, 2.45) is 0 Å². The van der Waals surface area contributed by atoms with Gasteiger partial charge in [0.05, 0.1) is 6.54 Å². The number of alkyl halides is 3. The normalized spacial score (nSPS) is 11.7. The molecule has 0 radical (unpaired) electrons.